The van der Waals surface area contributed by atoms with E-state index in [-0.39, 0.29) is 5.91 Å². The Labute approximate surface area is 141 Å². The van der Waals surface area contributed by atoms with E-state index in [2.05, 4.69) is 34.4 Å². The molecule has 0 fully saturated rings. The van der Waals surface area contributed by atoms with Gasteiger partial charge in [-0.2, -0.15) is 0 Å². The van der Waals surface area contributed by atoms with Crippen LogP contribution < -0.4 is 10.6 Å². The Kier molecular flexibility index (Phi) is 5.55. The third-order valence-electron chi connectivity index (χ3n) is 3.27. The van der Waals surface area contributed by atoms with Gasteiger partial charge in [-0.05, 0) is 43.5 Å². The summed E-state index contributed by atoms with van der Waals surface area (Å²) in [7, 11) is 0. The Bertz CT molecular complexity index is 716. The Balaban J connectivity index is 2.20. The molecule has 0 unspecified atom stereocenters. The van der Waals surface area contributed by atoms with E-state index in [4.69, 9.17) is 11.6 Å². The van der Waals surface area contributed by atoms with Crippen molar-refractivity contribution < 1.29 is 4.79 Å². The highest BCUT2D eigenvalue weighted by atomic mass is 35.5. The second-order valence-corrected chi connectivity index (χ2v) is 6.27. The average molecular weight is 333 g/mol. The summed E-state index contributed by atoms with van der Waals surface area (Å²) in [5.41, 5.74) is 2.56. The summed E-state index contributed by atoms with van der Waals surface area (Å²) < 4.78 is 0. The molecular weight excluding hydrogens is 312 g/mol. The summed E-state index contributed by atoms with van der Waals surface area (Å²) in [6.07, 6.45) is 0. The monoisotopic (exact) mass is 332 g/mol. The minimum atomic E-state index is -0.284. The molecule has 0 saturated carbocycles. The maximum Gasteiger partial charge on any atom is 0.274 e. The predicted molar refractivity (Wildman–Crippen MR) is 94.2 cm³/mol. The highest BCUT2D eigenvalue weighted by molar-refractivity contribution is 6.31. The van der Waals surface area contributed by atoms with E-state index in [1.54, 1.807) is 18.2 Å². The van der Waals surface area contributed by atoms with Crippen molar-refractivity contribution in [2.45, 2.75) is 27.7 Å². The smallest absolute Gasteiger partial charge is 0.274 e. The zero-order valence-corrected chi connectivity index (χ0v) is 14.5. The van der Waals surface area contributed by atoms with Crippen LogP contribution in [0.5, 0.6) is 0 Å². The molecule has 1 amide bonds. The largest absolute Gasteiger partial charge is 0.354 e. The molecule has 0 bridgehead atoms. The van der Waals surface area contributed by atoms with Crippen LogP contribution in [0.4, 0.5) is 11.6 Å². The number of carbonyl (C=O) groups is 1. The van der Waals surface area contributed by atoms with Crippen LogP contribution in [0.1, 0.15) is 35.6 Å². The summed E-state index contributed by atoms with van der Waals surface area (Å²) in [5.74, 6) is 0.644. The molecule has 2 aromatic rings. The molecule has 0 atom stereocenters. The number of nitrogens with zero attached hydrogens (tertiary/aromatic N) is 2. The van der Waals surface area contributed by atoms with E-state index in [1.807, 2.05) is 19.9 Å². The van der Waals surface area contributed by atoms with Crippen molar-refractivity contribution in [3.8, 4) is 0 Å². The first-order valence-electron chi connectivity index (χ1n) is 7.53. The van der Waals surface area contributed by atoms with Crippen LogP contribution in [0.25, 0.3) is 0 Å². The second-order valence-electron chi connectivity index (χ2n) is 5.86. The van der Waals surface area contributed by atoms with Gasteiger partial charge in [-0.3, -0.25) is 4.79 Å². The van der Waals surface area contributed by atoms with Crippen molar-refractivity contribution in [3.63, 3.8) is 0 Å². The lowest BCUT2D eigenvalue weighted by atomic mass is 10.2. The minimum Gasteiger partial charge on any atom is -0.354 e. The molecule has 2 rings (SSSR count). The van der Waals surface area contributed by atoms with Crippen LogP contribution in [-0.2, 0) is 0 Å². The Hall–Kier alpha value is -2.14. The van der Waals surface area contributed by atoms with E-state index < -0.39 is 0 Å². The van der Waals surface area contributed by atoms with Crippen LogP contribution in [0.15, 0.2) is 24.3 Å². The molecule has 0 saturated heterocycles. The van der Waals surface area contributed by atoms with Gasteiger partial charge >= 0.3 is 0 Å². The highest BCUT2D eigenvalue weighted by Gasteiger charge is 2.13. The maximum absolute atomic E-state index is 12.4. The maximum atomic E-state index is 12.4. The standard InChI is InChI=1S/C17H21ClN4O/c1-10(2)9-19-17-20-11(3)8-15(22-17)16(23)21-14-7-5-6-13(18)12(14)4/h5-8,10H,9H2,1-4H3,(H,21,23)(H,19,20,22). The van der Waals surface area contributed by atoms with Crippen LogP contribution in [0, 0.1) is 19.8 Å². The summed E-state index contributed by atoms with van der Waals surface area (Å²) in [4.78, 5) is 21.0. The lowest BCUT2D eigenvalue weighted by molar-refractivity contribution is 0.102. The van der Waals surface area contributed by atoms with Crippen molar-refractivity contribution in [2.75, 3.05) is 17.2 Å². The zero-order valence-electron chi connectivity index (χ0n) is 13.8. The number of nitrogens with one attached hydrogen (secondary N) is 2. The van der Waals surface area contributed by atoms with Gasteiger partial charge in [0.2, 0.25) is 5.95 Å². The SMILES string of the molecule is Cc1cc(C(=O)Nc2cccc(Cl)c2C)nc(NCC(C)C)n1. The molecule has 2 N–H and O–H groups in total. The van der Waals surface area contributed by atoms with Crippen LogP contribution >= 0.6 is 11.6 Å². The molecule has 0 aliphatic heterocycles. The van der Waals surface area contributed by atoms with Gasteiger partial charge in [-0.1, -0.05) is 31.5 Å². The number of anilines is 2. The molecule has 0 aliphatic carbocycles. The van der Waals surface area contributed by atoms with E-state index in [1.165, 1.54) is 0 Å². The van der Waals surface area contributed by atoms with Gasteiger partial charge in [0.1, 0.15) is 5.69 Å². The number of carbonyl (C=O) groups excluding carboxylic acids is 1. The van der Waals surface area contributed by atoms with Crippen LogP contribution in [-0.4, -0.2) is 22.4 Å². The lowest BCUT2D eigenvalue weighted by Crippen LogP contribution is -2.18. The number of aromatic nitrogens is 2. The van der Waals surface area contributed by atoms with Crippen LogP contribution in [0.3, 0.4) is 0 Å². The molecule has 6 heteroatoms. The lowest BCUT2D eigenvalue weighted by Gasteiger charge is -2.11. The number of hydrogen-bond donors (Lipinski definition) is 2. The molecule has 0 aliphatic rings. The third kappa shape index (κ3) is 4.66. The highest BCUT2D eigenvalue weighted by Crippen LogP contribution is 2.23. The van der Waals surface area contributed by atoms with E-state index in [9.17, 15) is 4.79 Å². The van der Waals surface area contributed by atoms with Gasteiger partial charge in [0, 0.05) is 22.9 Å². The summed E-state index contributed by atoms with van der Waals surface area (Å²) >= 11 is 6.08. The Morgan fingerprint density at radius 2 is 2.00 bits per heavy atom. The van der Waals surface area contributed by atoms with Gasteiger partial charge in [-0.15, -0.1) is 0 Å². The van der Waals surface area contributed by atoms with Gasteiger partial charge in [0.25, 0.3) is 5.91 Å². The predicted octanol–water partition coefficient (Wildman–Crippen LogP) is 4.07. The molecule has 23 heavy (non-hydrogen) atoms. The first-order chi connectivity index (χ1) is 10.9. The fraction of sp³-hybridized carbons (Fsp3) is 0.353. The quantitative estimate of drug-likeness (QED) is 0.866. The van der Waals surface area contributed by atoms with Crippen molar-refractivity contribution in [3.05, 3.63) is 46.2 Å². The Morgan fingerprint density at radius 3 is 2.70 bits per heavy atom. The minimum absolute atomic E-state index is 0.284. The molecule has 1 aromatic carbocycles. The van der Waals surface area contributed by atoms with Crippen molar-refractivity contribution in [1.82, 2.24) is 9.97 Å². The normalized spacial score (nSPS) is 10.7. The Morgan fingerprint density at radius 1 is 1.26 bits per heavy atom. The van der Waals surface area contributed by atoms with Gasteiger partial charge < -0.3 is 10.6 Å². The number of amides is 1. The van der Waals surface area contributed by atoms with E-state index >= 15 is 0 Å². The second kappa shape index (κ2) is 7.42. The fourth-order valence-corrected chi connectivity index (χ4v) is 2.16. The molecule has 1 heterocycles. The molecular formula is C17H21ClN4O. The fourth-order valence-electron chi connectivity index (χ4n) is 1.99. The third-order valence-corrected chi connectivity index (χ3v) is 3.68. The van der Waals surface area contributed by atoms with Crippen molar-refractivity contribution in [2.24, 2.45) is 5.92 Å². The number of aryl methyl sites for hydroxylation is 1. The first kappa shape index (κ1) is 17.2. The van der Waals surface area contributed by atoms with Crippen LogP contribution in [0.2, 0.25) is 5.02 Å². The number of halogens is 1. The summed E-state index contributed by atoms with van der Waals surface area (Å²) in [5, 5.41) is 6.60. The summed E-state index contributed by atoms with van der Waals surface area (Å²) in [6.45, 7) is 8.64. The number of rotatable bonds is 5. The molecule has 0 spiro atoms. The zero-order chi connectivity index (χ0) is 17.0. The molecule has 5 nitrogen and oxygen atoms in total. The molecule has 0 radical (unpaired) electrons. The van der Waals surface area contributed by atoms with Crippen molar-refractivity contribution >= 4 is 29.1 Å². The summed E-state index contributed by atoms with van der Waals surface area (Å²) in [6, 6.07) is 7.06. The molecule has 1 aromatic heterocycles. The topological polar surface area (TPSA) is 66.9 Å². The van der Waals surface area contributed by atoms with Gasteiger partial charge in [-0.25, -0.2) is 9.97 Å². The molecule has 122 valence electrons. The first-order valence-corrected chi connectivity index (χ1v) is 7.90. The van der Waals surface area contributed by atoms with Gasteiger partial charge in [0.05, 0.1) is 0 Å². The van der Waals surface area contributed by atoms with E-state index in [0.29, 0.717) is 28.3 Å². The number of benzene rings is 1. The average Bonchev–Trinajstić information content (AvgIpc) is 2.49. The van der Waals surface area contributed by atoms with Crippen molar-refractivity contribution in [1.29, 1.82) is 0 Å². The van der Waals surface area contributed by atoms with E-state index in [0.717, 1.165) is 17.8 Å². The number of hydrogen-bond acceptors (Lipinski definition) is 4. The van der Waals surface area contributed by atoms with Gasteiger partial charge in [0.15, 0.2) is 0 Å².